The third kappa shape index (κ3) is 8.81. The molecule has 37 heavy (non-hydrogen) atoms. The Labute approximate surface area is 223 Å². The predicted octanol–water partition coefficient (Wildman–Crippen LogP) is 2.73. The van der Waals surface area contributed by atoms with E-state index in [1.54, 1.807) is 6.20 Å². The zero-order valence-electron chi connectivity index (χ0n) is 21.1. The molecule has 1 unspecified atom stereocenters. The van der Waals surface area contributed by atoms with Crippen LogP contribution < -0.4 is 14.8 Å². The Balaban J connectivity index is 1.50. The number of halogens is 1. The van der Waals surface area contributed by atoms with Crippen molar-refractivity contribution in [3.63, 3.8) is 0 Å². The fourth-order valence-electron chi connectivity index (χ4n) is 3.86. The summed E-state index contributed by atoms with van der Waals surface area (Å²) in [7, 11) is -3.85. The molecule has 3 N–H and O–H groups in total. The van der Waals surface area contributed by atoms with Gasteiger partial charge in [-0.3, -0.25) is 9.71 Å². The lowest BCUT2D eigenvalue weighted by atomic mass is 9.95. The number of aryl methyl sites for hydroxylation is 1. The quantitative estimate of drug-likeness (QED) is 0.345. The van der Waals surface area contributed by atoms with Gasteiger partial charge >= 0.3 is 10.2 Å². The highest BCUT2D eigenvalue weighted by Gasteiger charge is 2.26. The normalized spacial score (nSPS) is 15.6. The van der Waals surface area contributed by atoms with Gasteiger partial charge in [-0.15, -0.1) is 0 Å². The number of morpholine rings is 1. The van der Waals surface area contributed by atoms with Gasteiger partial charge in [-0.25, -0.2) is 0 Å². The largest absolute Gasteiger partial charge is 0.489 e. The summed E-state index contributed by atoms with van der Waals surface area (Å²) >= 11 is 6.34. The maximum Gasteiger partial charge on any atom is 0.301 e. The molecule has 1 saturated heterocycles. The van der Waals surface area contributed by atoms with Gasteiger partial charge in [-0.2, -0.15) is 18.0 Å². The van der Waals surface area contributed by atoms with E-state index in [4.69, 9.17) is 21.1 Å². The Morgan fingerprint density at radius 3 is 2.76 bits per heavy atom. The van der Waals surface area contributed by atoms with Crippen LogP contribution in [0.2, 0.25) is 5.02 Å². The third-order valence-corrected chi connectivity index (χ3v) is 7.92. The molecular formula is C25H34ClN5O5S. The van der Waals surface area contributed by atoms with E-state index in [1.165, 1.54) is 22.0 Å². The Hall–Kier alpha value is -2.46. The molecule has 2 heterocycles. The number of aliphatic hydroxyl groups excluding tert-OH is 1. The maximum atomic E-state index is 12.6. The summed E-state index contributed by atoms with van der Waals surface area (Å²) in [4.78, 5) is 4.13. The van der Waals surface area contributed by atoms with Gasteiger partial charge in [-0.05, 0) is 56.9 Å². The molecule has 0 bridgehead atoms. The zero-order chi connectivity index (χ0) is 26.9. The number of ether oxygens (including phenoxy) is 2. The lowest BCUT2D eigenvalue weighted by Gasteiger charge is -2.28. The fourth-order valence-corrected chi connectivity index (χ4v) is 5.37. The van der Waals surface area contributed by atoms with Crippen molar-refractivity contribution in [3.05, 3.63) is 52.8 Å². The van der Waals surface area contributed by atoms with Crippen LogP contribution in [0.4, 0.5) is 5.69 Å². The first-order chi connectivity index (χ1) is 17.6. The first kappa shape index (κ1) is 29.1. The molecule has 1 aliphatic rings. The molecule has 1 aliphatic heterocycles. The number of β-amino-alcohol motifs (C(OH)–C–C–N with tert-alkyl or cyclic N) is 1. The molecule has 1 aromatic carbocycles. The Morgan fingerprint density at radius 2 is 2.08 bits per heavy atom. The van der Waals surface area contributed by atoms with E-state index < -0.39 is 16.3 Å². The van der Waals surface area contributed by atoms with Gasteiger partial charge in [0.2, 0.25) is 0 Å². The van der Waals surface area contributed by atoms with Gasteiger partial charge < -0.3 is 19.9 Å². The Kier molecular flexibility index (Phi) is 10.5. The average Bonchev–Trinajstić information content (AvgIpc) is 2.88. The van der Waals surface area contributed by atoms with E-state index in [2.05, 4.69) is 34.9 Å². The molecule has 202 valence electrons. The number of anilines is 1. The second-order valence-corrected chi connectivity index (χ2v) is 11.5. The van der Waals surface area contributed by atoms with E-state index in [9.17, 15) is 18.8 Å². The van der Waals surface area contributed by atoms with Crippen LogP contribution in [0.5, 0.6) is 5.75 Å². The Bertz CT molecular complexity index is 1170. The maximum absolute atomic E-state index is 12.6. The number of aromatic nitrogens is 1. The number of hydrogen-bond acceptors (Lipinski definition) is 8. The van der Waals surface area contributed by atoms with Crippen LogP contribution in [-0.4, -0.2) is 73.9 Å². The average molecular weight is 552 g/mol. The molecule has 10 nitrogen and oxygen atoms in total. The number of nitriles is 1. The van der Waals surface area contributed by atoms with Gasteiger partial charge in [0.1, 0.15) is 30.1 Å². The smallest absolute Gasteiger partial charge is 0.301 e. The van der Waals surface area contributed by atoms with Crippen LogP contribution in [0.15, 0.2) is 36.7 Å². The molecule has 2 aromatic rings. The number of benzene rings is 1. The van der Waals surface area contributed by atoms with Gasteiger partial charge in [-0.1, -0.05) is 17.7 Å². The molecule has 0 spiro atoms. The highest BCUT2D eigenvalue weighted by atomic mass is 35.5. The van der Waals surface area contributed by atoms with E-state index in [-0.39, 0.29) is 47.3 Å². The van der Waals surface area contributed by atoms with Crippen molar-refractivity contribution in [2.24, 2.45) is 0 Å². The minimum absolute atomic E-state index is 0.0141. The van der Waals surface area contributed by atoms with Crippen molar-refractivity contribution in [1.29, 1.82) is 5.26 Å². The molecule has 1 fully saturated rings. The molecule has 0 radical (unpaired) electrons. The summed E-state index contributed by atoms with van der Waals surface area (Å²) in [6.45, 7) is 5.46. The first-order valence-corrected chi connectivity index (χ1v) is 14.0. The number of aliphatic hydroxyl groups is 1. The van der Waals surface area contributed by atoms with Crippen LogP contribution in [0.25, 0.3) is 0 Å². The summed E-state index contributed by atoms with van der Waals surface area (Å²) < 4.78 is 39.8. The van der Waals surface area contributed by atoms with Crippen LogP contribution in [0.3, 0.4) is 0 Å². The van der Waals surface area contributed by atoms with Crippen molar-refractivity contribution in [2.75, 3.05) is 44.2 Å². The van der Waals surface area contributed by atoms with Gasteiger partial charge in [0, 0.05) is 37.6 Å². The number of nitrogens with zero attached hydrogens (tertiary/aromatic N) is 3. The standard InChI is InChI=1S/C25H34ClN5O5S/c1-25(2,9-3-5-19-6-4-10-28-16-19)29-17-20(32)18-36-23-8-7-22(24(26)21(23)15-27)30-37(33,34)31-11-13-35-14-12-31/h4,6-8,10,16,20,29-30,32H,3,5,9,11-14,17-18H2,1-2H3. The van der Waals surface area contributed by atoms with Crippen molar-refractivity contribution >= 4 is 27.5 Å². The van der Waals surface area contributed by atoms with E-state index >= 15 is 0 Å². The minimum Gasteiger partial charge on any atom is -0.489 e. The summed E-state index contributed by atoms with van der Waals surface area (Å²) in [6.07, 6.45) is 5.61. The Morgan fingerprint density at radius 1 is 1.32 bits per heavy atom. The molecule has 3 rings (SSSR count). The zero-order valence-corrected chi connectivity index (χ0v) is 22.7. The van der Waals surface area contributed by atoms with Crippen LogP contribution in [-0.2, 0) is 21.4 Å². The van der Waals surface area contributed by atoms with Crippen molar-refractivity contribution in [3.8, 4) is 11.8 Å². The van der Waals surface area contributed by atoms with Crippen molar-refractivity contribution < 1.29 is 23.0 Å². The van der Waals surface area contributed by atoms with E-state index in [0.29, 0.717) is 19.8 Å². The second-order valence-electron chi connectivity index (χ2n) is 9.48. The van der Waals surface area contributed by atoms with Crippen molar-refractivity contribution in [2.45, 2.75) is 44.8 Å². The summed E-state index contributed by atoms with van der Waals surface area (Å²) in [5, 5.41) is 23.3. The van der Waals surface area contributed by atoms with E-state index in [0.717, 1.165) is 19.3 Å². The monoisotopic (exact) mass is 551 g/mol. The van der Waals surface area contributed by atoms with E-state index in [1.807, 2.05) is 18.3 Å². The number of pyridine rings is 1. The number of nitrogens with one attached hydrogen (secondary N) is 2. The SMILES string of the molecule is CC(C)(CCCc1cccnc1)NCC(O)COc1ccc(NS(=O)(=O)N2CCOCC2)c(Cl)c1C#N. The van der Waals surface area contributed by atoms with Crippen LogP contribution >= 0.6 is 11.6 Å². The van der Waals surface area contributed by atoms with Crippen LogP contribution in [0.1, 0.15) is 37.8 Å². The van der Waals surface area contributed by atoms with Gasteiger partial charge in [0.15, 0.2) is 0 Å². The fraction of sp³-hybridized carbons (Fsp3) is 0.520. The number of rotatable bonds is 13. The van der Waals surface area contributed by atoms with Gasteiger partial charge in [0.05, 0.1) is 23.9 Å². The first-order valence-electron chi connectivity index (χ1n) is 12.1. The summed E-state index contributed by atoms with van der Waals surface area (Å²) in [5.41, 5.74) is 1.06. The number of hydrogen-bond donors (Lipinski definition) is 3. The lowest BCUT2D eigenvalue weighted by Crippen LogP contribution is -2.44. The highest BCUT2D eigenvalue weighted by molar-refractivity contribution is 7.90. The molecule has 12 heteroatoms. The topological polar surface area (TPSA) is 137 Å². The second kappa shape index (κ2) is 13.4. The molecular weight excluding hydrogens is 518 g/mol. The third-order valence-electron chi connectivity index (χ3n) is 6.00. The minimum atomic E-state index is -3.85. The summed E-state index contributed by atoms with van der Waals surface area (Å²) in [5.74, 6) is 0.164. The van der Waals surface area contributed by atoms with Crippen molar-refractivity contribution in [1.82, 2.24) is 14.6 Å². The molecule has 0 aliphatic carbocycles. The van der Waals surface area contributed by atoms with Crippen LogP contribution in [0, 0.1) is 11.3 Å². The molecule has 1 atom stereocenters. The highest BCUT2D eigenvalue weighted by Crippen LogP contribution is 2.33. The summed E-state index contributed by atoms with van der Waals surface area (Å²) in [6, 6.07) is 8.84. The molecule has 1 aromatic heterocycles. The molecule has 0 amide bonds. The molecule has 0 saturated carbocycles. The predicted molar refractivity (Wildman–Crippen MR) is 142 cm³/mol. The van der Waals surface area contributed by atoms with Gasteiger partial charge in [0.25, 0.3) is 0 Å². The lowest BCUT2D eigenvalue weighted by molar-refractivity contribution is 0.0733.